The average Bonchev–Trinajstić information content (AvgIpc) is 2.54. The topological polar surface area (TPSA) is 62.0 Å². The number of amides is 1. The van der Waals surface area contributed by atoms with Gasteiger partial charge in [0.1, 0.15) is 5.56 Å². The molecule has 0 radical (unpaired) electrons. The van der Waals surface area contributed by atoms with Crippen molar-refractivity contribution in [1.29, 1.82) is 0 Å². The van der Waals surface area contributed by atoms with Gasteiger partial charge in [-0.05, 0) is 61.4 Å². The number of hydrogen-bond donors (Lipinski definition) is 2. The first-order chi connectivity index (χ1) is 10.7. The normalized spacial score (nSPS) is 13.5. The van der Waals surface area contributed by atoms with E-state index in [0.717, 1.165) is 43.4 Å². The average molecular weight is 296 g/mol. The highest BCUT2D eigenvalue weighted by Crippen LogP contribution is 2.19. The summed E-state index contributed by atoms with van der Waals surface area (Å²) in [5, 5.41) is 2.80. The van der Waals surface area contributed by atoms with Crippen LogP contribution in [0.1, 0.15) is 46.9 Å². The Labute approximate surface area is 129 Å². The summed E-state index contributed by atoms with van der Waals surface area (Å²) in [5.41, 5.74) is 3.89. The number of carbonyl (C=O) groups is 1. The van der Waals surface area contributed by atoms with Crippen molar-refractivity contribution >= 4 is 11.6 Å². The summed E-state index contributed by atoms with van der Waals surface area (Å²) in [6, 6.07) is 9.44. The Kier molecular flexibility index (Phi) is 4.09. The van der Waals surface area contributed by atoms with E-state index in [-0.39, 0.29) is 17.0 Å². The molecule has 0 spiro atoms. The van der Waals surface area contributed by atoms with Crippen molar-refractivity contribution in [2.45, 2.75) is 39.0 Å². The minimum atomic E-state index is -0.348. The first-order valence-electron chi connectivity index (χ1n) is 7.82. The fraction of sp³-hybridized carbons (Fsp3) is 0.333. The van der Waals surface area contributed by atoms with Gasteiger partial charge in [0.2, 0.25) is 0 Å². The molecule has 0 saturated carbocycles. The van der Waals surface area contributed by atoms with Gasteiger partial charge in [0.25, 0.3) is 11.5 Å². The maximum atomic E-state index is 12.3. The van der Waals surface area contributed by atoms with Gasteiger partial charge in [0.05, 0.1) is 0 Å². The minimum Gasteiger partial charge on any atom is -0.325 e. The van der Waals surface area contributed by atoms with Gasteiger partial charge in [0, 0.05) is 11.4 Å². The molecular formula is C18H20N2O2. The first kappa shape index (κ1) is 14.6. The zero-order valence-electron chi connectivity index (χ0n) is 12.7. The summed E-state index contributed by atoms with van der Waals surface area (Å²) in [5.74, 6) is -0.348. The van der Waals surface area contributed by atoms with E-state index in [2.05, 4.69) is 17.2 Å². The van der Waals surface area contributed by atoms with E-state index in [1.54, 1.807) is 6.07 Å². The Morgan fingerprint density at radius 1 is 1.18 bits per heavy atom. The third-order valence-corrected chi connectivity index (χ3v) is 4.20. The number of pyridine rings is 1. The molecule has 22 heavy (non-hydrogen) atoms. The highest BCUT2D eigenvalue weighted by Gasteiger charge is 2.17. The quantitative estimate of drug-likeness (QED) is 0.914. The smallest absolute Gasteiger partial charge is 0.261 e. The number of aryl methyl sites for hydroxylation is 3. The van der Waals surface area contributed by atoms with Crippen LogP contribution in [0.4, 0.5) is 5.69 Å². The summed E-state index contributed by atoms with van der Waals surface area (Å²) in [4.78, 5) is 27.3. The maximum absolute atomic E-state index is 12.3. The van der Waals surface area contributed by atoms with Crippen LogP contribution in [0.15, 0.2) is 35.1 Å². The molecular weight excluding hydrogens is 276 g/mol. The fourth-order valence-electron chi connectivity index (χ4n) is 2.87. The van der Waals surface area contributed by atoms with Gasteiger partial charge in [-0.1, -0.05) is 19.1 Å². The Morgan fingerprint density at radius 2 is 1.91 bits per heavy atom. The van der Waals surface area contributed by atoms with Crippen molar-refractivity contribution in [2.24, 2.45) is 0 Å². The van der Waals surface area contributed by atoms with Crippen LogP contribution in [0.25, 0.3) is 0 Å². The molecule has 2 N–H and O–H groups in total. The van der Waals surface area contributed by atoms with Crippen molar-refractivity contribution < 1.29 is 4.79 Å². The molecule has 1 aliphatic rings. The summed E-state index contributed by atoms with van der Waals surface area (Å²) in [6.07, 6.45) is 4.98. The molecule has 1 heterocycles. The van der Waals surface area contributed by atoms with Crippen molar-refractivity contribution in [3.63, 3.8) is 0 Å². The third kappa shape index (κ3) is 2.96. The van der Waals surface area contributed by atoms with Crippen LogP contribution in [0.2, 0.25) is 0 Å². The lowest BCUT2D eigenvalue weighted by atomic mass is 9.95. The van der Waals surface area contributed by atoms with Gasteiger partial charge in [-0.15, -0.1) is 0 Å². The lowest BCUT2D eigenvalue weighted by Crippen LogP contribution is -2.26. The molecule has 1 aliphatic carbocycles. The van der Waals surface area contributed by atoms with Crippen LogP contribution in [0.5, 0.6) is 0 Å². The first-order valence-corrected chi connectivity index (χ1v) is 7.82. The molecule has 2 aromatic rings. The molecule has 4 heteroatoms. The summed E-state index contributed by atoms with van der Waals surface area (Å²) in [7, 11) is 0. The lowest BCUT2D eigenvalue weighted by Gasteiger charge is -2.16. The number of fused-ring (bicyclic) bond motifs is 1. The fourth-order valence-corrected chi connectivity index (χ4v) is 2.87. The van der Waals surface area contributed by atoms with Crippen molar-refractivity contribution in [1.82, 2.24) is 4.98 Å². The molecule has 1 amide bonds. The van der Waals surface area contributed by atoms with E-state index in [0.29, 0.717) is 5.69 Å². The number of nitrogens with one attached hydrogen (secondary N) is 2. The van der Waals surface area contributed by atoms with Gasteiger partial charge < -0.3 is 10.3 Å². The number of H-pyrrole nitrogens is 1. The van der Waals surface area contributed by atoms with E-state index in [1.165, 1.54) is 5.56 Å². The van der Waals surface area contributed by atoms with E-state index in [9.17, 15) is 9.59 Å². The van der Waals surface area contributed by atoms with Gasteiger partial charge in [-0.3, -0.25) is 9.59 Å². The van der Waals surface area contributed by atoms with Crippen LogP contribution in [-0.2, 0) is 19.3 Å². The van der Waals surface area contributed by atoms with Gasteiger partial charge in [0.15, 0.2) is 0 Å². The van der Waals surface area contributed by atoms with E-state index >= 15 is 0 Å². The van der Waals surface area contributed by atoms with Gasteiger partial charge >= 0.3 is 0 Å². The molecule has 0 saturated heterocycles. The van der Waals surface area contributed by atoms with Crippen LogP contribution in [-0.4, -0.2) is 10.9 Å². The molecule has 0 fully saturated rings. The number of aromatic nitrogens is 1. The molecule has 0 aliphatic heterocycles. The molecule has 114 valence electrons. The molecule has 1 aromatic carbocycles. The number of rotatable bonds is 3. The number of anilines is 1. The Morgan fingerprint density at radius 3 is 2.64 bits per heavy atom. The van der Waals surface area contributed by atoms with Crippen molar-refractivity contribution in [2.75, 3.05) is 5.32 Å². The monoisotopic (exact) mass is 296 g/mol. The Hall–Kier alpha value is -2.36. The number of hydrogen-bond acceptors (Lipinski definition) is 2. The molecule has 1 aromatic heterocycles. The number of carbonyl (C=O) groups excluding carboxylic acids is 1. The standard InChI is InChI=1S/C18H20N2O2/c1-2-12-7-9-14(10-8-12)19-17(21)15-11-13-5-3-4-6-16(13)20-18(15)22/h7-11H,2-6H2,1H3,(H,19,21)(H,20,22). The largest absolute Gasteiger partial charge is 0.325 e. The maximum Gasteiger partial charge on any atom is 0.261 e. The van der Waals surface area contributed by atoms with Crippen LogP contribution >= 0.6 is 0 Å². The summed E-state index contributed by atoms with van der Waals surface area (Å²) >= 11 is 0. The van der Waals surface area contributed by atoms with Gasteiger partial charge in [-0.2, -0.15) is 0 Å². The van der Waals surface area contributed by atoms with E-state index in [1.807, 2.05) is 24.3 Å². The number of aromatic amines is 1. The van der Waals surface area contributed by atoms with Gasteiger partial charge in [-0.25, -0.2) is 0 Å². The minimum absolute atomic E-state index is 0.195. The third-order valence-electron chi connectivity index (χ3n) is 4.20. The number of benzene rings is 1. The second-order valence-electron chi connectivity index (χ2n) is 5.73. The molecule has 3 rings (SSSR count). The van der Waals surface area contributed by atoms with Crippen LogP contribution in [0, 0.1) is 0 Å². The van der Waals surface area contributed by atoms with E-state index < -0.39 is 0 Å². The zero-order chi connectivity index (χ0) is 15.5. The molecule has 0 atom stereocenters. The highest BCUT2D eigenvalue weighted by molar-refractivity contribution is 6.04. The molecule has 0 unspecified atom stereocenters. The Balaban J connectivity index is 1.83. The highest BCUT2D eigenvalue weighted by atomic mass is 16.2. The lowest BCUT2D eigenvalue weighted by molar-refractivity contribution is 0.102. The predicted molar refractivity (Wildman–Crippen MR) is 87.5 cm³/mol. The Bertz CT molecular complexity index is 745. The second-order valence-corrected chi connectivity index (χ2v) is 5.73. The van der Waals surface area contributed by atoms with Crippen molar-refractivity contribution in [3.8, 4) is 0 Å². The summed E-state index contributed by atoms with van der Waals surface area (Å²) < 4.78 is 0. The summed E-state index contributed by atoms with van der Waals surface area (Å²) in [6.45, 7) is 2.08. The molecule has 4 nitrogen and oxygen atoms in total. The van der Waals surface area contributed by atoms with Crippen LogP contribution in [0.3, 0.4) is 0 Å². The van der Waals surface area contributed by atoms with Crippen molar-refractivity contribution in [3.05, 3.63) is 63.1 Å². The van der Waals surface area contributed by atoms with E-state index in [4.69, 9.17) is 0 Å². The SMILES string of the molecule is CCc1ccc(NC(=O)c2cc3c([nH]c2=O)CCCC3)cc1. The predicted octanol–water partition coefficient (Wildman–Crippen LogP) is 3.07. The van der Waals surface area contributed by atoms with Crippen LogP contribution < -0.4 is 10.9 Å². The molecule has 0 bridgehead atoms. The zero-order valence-corrected chi connectivity index (χ0v) is 12.7. The second kappa shape index (κ2) is 6.18.